The van der Waals surface area contributed by atoms with Gasteiger partial charge in [0.15, 0.2) is 18.1 Å². The second kappa shape index (κ2) is 13.3. The first-order valence-corrected chi connectivity index (χ1v) is 12.6. The number of aryl methyl sites for hydroxylation is 2. The maximum atomic E-state index is 12.9. The van der Waals surface area contributed by atoms with Crippen molar-refractivity contribution in [3.8, 4) is 11.5 Å². The molecular formula is C27H24F3IN4O5. The van der Waals surface area contributed by atoms with Crippen molar-refractivity contribution in [3.05, 3.63) is 80.4 Å². The lowest BCUT2D eigenvalue weighted by atomic mass is 10.1. The van der Waals surface area contributed by atoms with Crippen LogP contribution in [0.25, 0.3) is 0 Å². The summed E-state index contributed by atoms with van der Waals surface area (Å²) in [6, 6.07) is 12.8. The molecule has 0 fully saturated rings. The van der Waals surface area contributed by atoms with Crippen LogP contribution in [0, 0.1) is 17.4 Å². The first-order valence-electron chi connectivity index (χ1n) is 11.6. The van der Waals surface area contributed by atoms with Gasteiger partial charge in [0.05, 0.1) is 22.5 Å². The Morgan fingerprint density at radius 1 is 0.975 bits per heavy atom. The lowest BCUT2D eigenvalue weighted by Gasteiger charge is -2.14. The van der Waals surface area contributed by atoms with Gasteiger partial charge < -0.3 is 20.1 Å². The zero-order valence-corrected chi connectivity index (χ0v) is 23.6. The molecule has 0 radical (unpaired) electrons. The van der Waals surface area contributed by atoms with E-state index in [1.807, 2.05) is 54.6 Å². The van der Waals surface area contributed by atoms with Crippen LogP contribution in [0.15, 0.2) is 59.7 Å². The second-order valence-corrected chi connectivity index (χ2v) is 9.53. The van der Waals surface area contributed by atoms with Crippen LogP contribution in [0.1, 0.15) is 22.3 Å². The van der Waals surface area contributed by atoms with Crippen LogP contribution >= 0.6 is 22.6 Å². The molecule has 0 aliphatic carbocycles. The summed E-state index contributed by atoms with van der Waals surface area (Å²) in [7, 11) is 1.38. The normalized spacial score (nSPS) is 11.2. The molecule has 3 aromatic carbocycles. The number of carbonyl (C=O) groups excluding carboxylic acids is 3. The highest BCUT2D eigenvalue weighted by atomic mass is 127. The SMILES string of the molecule is COc1cc(/C=N\NC(=O)C(=O)Nc2c(C)cccc2C)cc(I)c1OCC(=O)Nc1cccc(C(F)(F)F)c1. The number of nitrogens with zero attached hydrogens (tertiary/aromatic N) is 1. The first kappa shape index (κ1) is 30.4. The van der Waals surface area contributed by atoms with Gasteiger partial charge in [-0.3, -0.25) is 14.4 Å². The summed E-state index contributed by atoms with van der Waals surface area (Å²) in [5.74, 6) is -2.07. The van der Waals surface area contributed by atoms with Crippen molar-refractivity contribution in [1.82, 2.24) is 5.43 Å². The Balaban J connectivity index is 1.60. The molecule has 3 amide bonds. The standard InChI is InChI=1S/C27H24F3IN4O5/c1-15-6-4-7-16(2)23(15)34-25(37)26(38)35-32-13-17-10-20(31)24(21(11-17)39-3)40-14-22(36)33-19-9-5-8-18(12-19)27(28,29)30/h4-13H,14H2,1-3H3,(H,33,36)(H,34,37)(H,35,38)/b32-13-. The van der Waals surface area contributed by atoms with E-state index in [4.69, 9.17) is 9.47 Å². The predicted octanol–water partition coefficient (Wildman–Crippen LogP) is 5.04. The van der Waals surface area contributed by atoms with Crippen molar-refractivity contribution in [1.29, 1.82) is 0 Å². The third kappa shape index (κ3) is 8.18. The van der Waals surface area contributed by atoms with E-state index in [2.05, 4.69) is 21.2 Å². The molecule has 0 saturated heterocycles. The summed E-state index contributed by atoms with van der Waals surface area (Å²) >= 11 is 1.94. The van der Waals surface area contributed by atoms with E-state index in [1.54, 1.807) is 6.07 Å². The van der Waals surface area contributed by atoms with Gasteiger partial charge in [-0.1, -0.05) is 24.3 Å². The summed E-state index contributed by atoms with van der Waals surface area (Å²) < 4.78 is 50.1. The van der Waals surface area contributed by atoms with Gasteiger partial charge in [-0.15, -0.1) is 0 Å². The molecule has 13 heteroatoms. The fourth-order valence-electron chi connectivity index (χ4n) is 3.46. The van der Waals surface area contributed by atoms with E-state index in [0.717, 1.165) is 23.3 Å². The molecule has 210 valence electrons. The molecule has 0 atom stereocenters. The Morgan fingerprint density at radius 3 is 2.30 bits per heavy atom. The quantitative estimate of drug-likeness (QED) is 0.135. The Hall–Kier alpha value is -4.14. The second-order valence-electron chi connectivity index (χ2n) is 8.37. The molecule has 3 N–H and O–H groups in total. The van der Waals surface area contributed by atoms with E-state index in [1.165, 1.54) is 31.5 Å². The molecule has 3 aromatic rings. The molecule has 0 spiro atoms. The minimum absolute atomic E-state index is 0.0265. The van der Waals surface area contributed by atoms with E-state index in [-0.39, 0.29) is 17.2 Å². The summed E-state index contributed by atoms with van der Waals surface area (Å²) in [6.07, 6.45) is -3.25. The number of ether oxygens (including phenoxy) is 2. The lowest BCUT2D eigenvalue weighted by molar-refractivity contribution is -0.137. The number of hydrazone groups is 1. The van der Waals surface area contributed by atoms with Crippen molar-refractivity contribution in [2.75, 3.05) is 24.4 Å². The van der Waals surface area contributed by atoms with Gasteiger partial charge in [0.25, 0.3) is 5.91 Å². The molecule has 0 heterocycles. The molecule has 0 aliphatic heterocycles. The molecule has 0 aliphatic rings. The summed E-state index contributed by atoms with van der Waals surface area (Å²) in [4.78, 5) is 36.7. The van der Waals surface area contributed by atoms with Crippen molar-refractivity contribution in [3.63, 3.8) is 0 Å². The number of rotatable bonds is 8. The van der Waals surface area contributed by atoms with Crippen LogP contribution in [0.2, 0.25) is 0 Å². The van der Waals surface area contributed by atoms with E-state index >= 15 is 0 Å². The first-order chi connectivity index (χ1) is 18.9. The fourth-order valence-corrected chi connectivity index (χ4v) is 4.24. The fraction of sp³-hybridized carbons (Fsp3) is 0.185. The summed E-state index contributed by atoms with van der Waals surface area (Å²) in [5.41, 5.74) is 3.89. The van der Waals surface area contributed by atoms with Crippen LogP contribution < -0.4 is 25.5 Å². The Bertz CT molecular complexity index is 1440. The van der Waals surface area contributed by atoms with Crippen molar-refractivity contribution < 1.29 is 37.0 Å². The molecule has 0 bridgehead atoms. The molecular weight excluding hydrogens is 644 g/mol. The molecule has 0 saturated carbocycles. The number of methoxy groups -OCH3 is 1. The van der Waals surface area contributed by atoms with Gasteiger partial charge in [-0.05, 0) is 83.5 Å². The monoisotopic (exact) mass is 668 g/mol. The van der Waals surface area contributed by atoms with Crippen LogP contribution in [-0.4, -0.2) is 37.7 Å². The number of hydrogen-bond donors (Lipinski definition) is 3. The zero-order chi connectivity index (χ0) is 29.4. The Morgan fingerprint density at radius 2 is 1.65 bits per heavy atom. The van der Waals surface area contributed by atoms with Gasteiger partial charge in [0.1, 0.15) is 0 Å². The summed E-state index contributed by atoms with van der Waals surface area (Å²) in [5, 5.41) is 8.74. The number of nitrogens with one attached hydrogen (secondary N) is 3. The molecule has 3 rings (SSSR count). The minimum atomic E-state index is -4.54. The predicted molar refractivity (Wildman–Crippen MR) is 152 cm³/mol. The van der Waals surface area contributed by atoms with Gasteiger partial charge >= 0.3 is 18.0 Å². The maximum absolute atomic E-state index is 12.9. The molecule has 0 unspecified atom stereocenters. The van der Waals surface area contributed by atoms with E-state index in [9.17, 15) is 27.6 Å². The highest BCUT2D eigenvalue weighted by molar-refractivity contribution is 14.1. The minimum Gasteiger partial charge on any atom is -0.493 e. The van der Waals surface area contributed by atoms with Gasteiger partial charge in [-0.25, -0.2) is 5.43 Å². The third-order valence-electron chi connectivity index (χ3n) is 5.38. The number of para-hydroxylation sites is 1. The average Bonchev–Trinajstić information content (AvgIpc) is 2.89. The Labute approximate surface area is 241 Å². The largest absolute Gasteiger partial charge is 0.493 e. The number of amides is 3. The molecule has 0 aromatic heterocycles. The van der Waals surface area contributed by atoms with Crippen LogP contribution in [0.5, 0.6) is 11.5 Å². The van der Waals surface area contributed by atoms with Gasteiger partial charge in [-0.2, -0.15) is 18.3 Å². The smallest absolute Gasteiger partial charge is 0.416 e. The zero-order valence-electron chi connectivity index (χ0n) is 21.5. The summed E-state index contributed by atoms with van der Waals surface area (Å²) in [6.45, 7) is 3.12. The number of benzene rings is 3. The van der Waals surface area contributed by atoms with Crippen LogP contribution in [-0.2, 0) is 20.6 Å². The molecule has 40 heavy (non-hydrogen) atoms. The van der Waals surface area contributed by atoms with Crippen LogP contribution in [0.4, 0.5) is 24.5 Å². The lowest BCUT2D eigenvalue weighted by Crippen LogP contribution is -2.32. The Kier molecular flexibility index (Phi) is 10.1. The molecule has 9 nitrogen and oxygen atoms in total. The van der Waals surface area contributed by atoms with Crippen molar-refractivity contribution in [2.24, 2.45) is 5.10 Å². The number of hydrogen-bond acceptors (Lipinski definition) is 6. The van der Waals surface area contributed by atoms with E-state index < -0.39 is 36.1 Å². The maximum Gasteiger partial charge on any atom is 0.416 e. The average molecular weight is 668 g/mol. The topological polar surface area (TPSA) is 118 Å². The van der Waals surface area contributed by atoms with Crippen molar-refractivity contribution in [2.45, 2.75) is 20.0 Å². The highest BCUT2D eigenvalue weighted by Gasteiger charge is 2.30. The highest BCUT2D eigenvalue weighted by Crippen LogP contribution is 2.34. The van der Waals surface area contributed by atoms with Crippen molar-refractivity contribution >= 4 is 57.9 Å². The van der Waals surface area contributed by atoms with Gasteiger partial charge in [0.2, 0.25) is 0 Å². The van der Waals surface area contributed by atoms with Crippen LogP contribution in [0.3, 0.4) is 0 Å². The number of halogens is 4. The number of anilines is 2. The third-order valence-corrected chi connectivity index (χ3v) is 6.18. The number of carbonyl (C=O) groups is 3. The number of alkyl halides is 3. The van der Waals surface area contributed by atoms with E-state index in [0.29, 0.717) is 14.8 Å². The van der Waals surface area contributed by atoms with Gasteiger partial charge in [0, 0.05) is 11.4 Å².